The van der Waals surface area contributed by atoms with Crippen LogP contribution in [-0.4, -0.2) is 22.7 Å². The second kappa shape index (κ2) is 8.71. The molecule has 0 saturated carbocycles. The van der Waals surface area contributed by atoms with Crippen molar-refractivity contribution >= 4 is 12.4 Å². The summed E-state index contributed by atoms with van der Waals surface area (Å²) in [6.45, 7) is -0.250. The van der Waals surface area contributed by atoms with Gasteiger partial charge in [0.05, 0.1) is 0 Å². The van der Waals surface area contributed by atoms with Crippen molar-refractivity contribution in [3.8, 4) is 0 Å². The van der Waals surface area contributed by atoms with Crippen LogP contribution in [0.3, 0.4) is 0 Å². The summed E-state index contributed by atoms with van der Waals surface area (Å²) in [5.74, 6) is -0.348. The zero-order valence-corrected chi connectivity index (χ0v) is 8.09. The Balaban J connectivity index is 0.000000583. The van der Waals surface area contributed by atoms with E-state index in [1.807, 2.05) is 30.3 Å². The normalized spacial score (nSPS) is 8.33. The molecule has 0 heterocycles. The highest BCUT2D eigenvalue weighted by Gasteiger charge is 1.98. The van der Waals surface area contributed by atoms with Gasteiger partial charge < -0.3 is 5.11 Å². The van der Waals surface area contributed by atoms with Gasteiger partial charge >= 0.3 is 0 Å². The van der Waals surface area contributed by atoms with Crippen LogP contribution in [0.2, 0.25) is 0 Å². The van der Waals surface area contributed by atoms with Crippen LogP contribution >= 0.6 is 0 Å². The van der Waals surface area contributed by atoms with Gasteiger partial charge in [-0.05, 0) is 12.0 Å². The van der Waals surface area contributed by atoms with E-state index in [0.29, 0.717) is 12.8 Å². The maximum atomic E-state index is 10.6. The fourth-order valence-corrected chi connectivity index (χ4v) is 0.958. The minimum atomic E-state index is -0.348. The molecule has 0 atom stereocenters. The van der Waals surface area contributed by atoms with Gasteiger partial charge in [0.2, 0.25) is 5.91 Å². The summed E-state index contributed by atoms with van der Waals surface area (Å²) in [7, 11) is 0. The standard InChI is InChI=1S/C9H11NO2.CH2O2/c11-9(10-12)7-6-8-4-2-1-3-5-8;2-1-3/h1-5,12H,6-7H2,(H,10,11);1H,(H,2,3). The van der Waals surface area contributed by atoms with Gasteiger partial charge in [-0.2, -0.15) is 0 Å². The van der Waals surface area contributed by atoms with E-state index >= 15 is 0 Å². The Bertz CT molecular complexity index is 287. The lowest BCUT2D eigenvalue weighted by Crippen LogP contribution is -2.18. The average molecular weight is 211 g/mol. The molecule has 1 amide bonds. The molecule has 0 radical (unpaired) electrons. The van der Waals surface area contributed by atoms with Crippen LogP contribution in [0.1, 0.15) is 12.0 Å². The Morgan fingerprint density at radius 3 is 2.33 bits per heavy atom. The third-order valence-corrected chi connectivity index (χ3v) is 1.61. The highest BCUT2D eigenvalue weighted by atomic mass is 16.5. The minimum absolute atomic E-state index is 0.250. The number of hydroxylamine groups is 1. The maximum Gasteiger partial charge on any atom is 0.290 e. The summed E-state index contributed by atoms with van der Waals surface area (Å²) in [6, 6.07) is 9.67. The number of nitrogens with one attached hydrogen (secondary N) is 1. The van der Waals surface area contributed by atoms with Gasteiger partial charge in [-0.1, -0.05) is 30.3 Å². The number of carbonyl (C=O) groups is 2. The van der Waals surface area contributed by atoms with Gasteiger partial charge in [-0.15, -0.1) is 0 Å². The minimum Gasteiger partial charge on any atom is -0.483 e. The fourth-order valence-electron chi connectivity index (χ4n) is 0.958. The molecule has 0 aliphatic heterocycles. The summed E-state index contributed by atoms with van der Waals surface area (Å²) in [5, 5.41) is 15.1. The molecule has 0 spiro atoms. The molecule has 82 valence electrons. The van der Waals surface area contributed by atoms with E-state index in [2.05, 4.69) is 0 Å². The van der Waals surface area contributed by atoms with Gasteiger partial charge in [-0.25, -0.2) is 5.48 Å². The molecular weight excluding hydrogens is 198 g/mol. The van der Waals surface area contributed by atoms with Gasteiger partial charge in [0.1, 0.15) is 0 Å². The Labute approximate surface area is 87.3 Å². The van der Waals surface area contributed by atoms with Crippen LogP contribution < -0.4 is 5.48 Å². The predicted molar refractivity (Wildman–Crippen MR) is 53.4 cm³/mol. The van der Waals surface area contributed by atoms with Crippen molar-refractivity contribution in [2.75, 3.05) is 0 Å². The van der Waals surface area contributed by atoms with Crippen LogP contribution in [0.25, 0.3) is 0 Å². The number of hydrogen-bond donors (Lipinski definition) is 3. The van der Waals surface area contributed by atoms with E-state index in [1.165, 1.54) is 0 Å². The molecule has 0 bridgehead atoms. The Kier molecular flexibility index (Phi) is 7.62. The van der Waals surface area contributed by atoms with Crippen LogP contribution in [0.5, 0.6) is 0 Å². The third kappa shape index (κ3) is 7.21. The second-order valence-corrected chi connectivity index (χ2v) is 2.63. The van der Waals surface area contributed by atoms with Crippen LogP contribution in [0.15, 0.2) is 30.3 Å². The molecule has 0 fully saturated rings. The summed E-state index contributed by atoms with van der Waals surface area (Å²) in [4.78, 5) is 19.0. The highest BCUT2D eigenvalue weighted by Crippen LogP contribution is 2.01. The van der Waals surface area contributed by atoms with Gasteiger partial charge in [0.25, 0.3) is 6.47 Å². The van der Waals surface area contributed by atoms with E-state index in [0.717, 1.165) is 5.56 Å². The molecular formula is C10H13NO4. The molecule has 15 heavy (non-hydrogen) atoms. The van der Waals surface area contributed by atoms with Crippen LogP contribution in [-0.2, 0) is 16.0 Å². The smallest absolute Gasteiger partial charge is 0.290 e. The average Bonchev–Trinajstić information content (AvgIpc) is 2.28. The molecule has 0 saturated heterocycles. The molecule has 0 aliphatic rings. The van der Waals surface area contributed by atoms with Crippen molar-refractivity contribution < 1.29 is 19.9 Å². The van der Waals surface area contributed by atoms with E-state index in [1.54, 1.807) is 5.48 Å². The predicted octanol–water partition coefficient (Wildman–Crippen LogP) is 0.825. The SMILES string of the molecule is O=C(CCc1ccccc1)NO.O=CO. The van der Waals surface area contributed by atoms with E-state index in [-0.39, 0.29) is 12.4 Å². The Morgan fingerprint density at radius 2 is 1.87 bits per heavy atom. The molecule has 1 rings (SSSR count). The van der Waals surface area contributed by atoms with Gasteiger partial charge in [0, 0.05) is 6.42 Å². The van der Waals surface area contributed by atoms with Crippen molar-refractivity contribution in [1.82, 2.24) is 5.48 Å². The third-order valence-electron chi connectivity index (χ3n) is 1.61. The molecule has 1 aromatic rings. The Morgan fingerprint density at radius 1 is 1.33 bits per heavy atom. The molecule has 3 N–H and O–H groups in total. The first-order valence-electron chi connectivity index (χ1n) is 4.29. The van der Waals surface area contributed by atoms with E-state index < -0.39 is 0 Å². The molecule has 0 aliphatic carbocycles. The first kappa shape index (κ1) is 13.1. The summed E-state index contributed by atoms with van der Waals surface area (Å²) >= 11 is 0. The van der Waals surface area contributed by atoms with Crippen LogP contribution in [0, 0.1) is 0 Å². The zero-order valence-electron chi connectivity index (χ0n) is 8.09. The van der Waals surface area contributed by atoms with Gasteiger partial charge in [-0.3, -0.25) is 14.8 Å². The molecule has 0 unspecified atom stereocenters. The van der Waals surface area contributed by atoms with Crippen molar-refractivity contribution in [3.63, 3.8) is 0 Å². The number of benzene rings is 1. The summed E-state index contributed by atoms with van der Waals surface area (Å²) in [5.41, 5.74) is 2.69. The number of aryl methyl sites for hydroxylation is 1. The largest absolute Gasteiger partial charge is 0.483 e. The zero-order chi connectivity index (χ0) is 11.5. The molecule has 1 aromatic carbocycles. The van der Waals surface area contributed by atoms with Gasteiger partial charge in [0.15, 0.2) is 0 Å². The number of hydrogen-bond acceptors (Lipinski definition) is 3. The first-order valence-corrected chi connectivity index (χ1v) is 4.29. The first-order chi connectivity index (χ1) is 7.24. The maximum absolute atomic E-state index is 10.6. The molecule has 5 heteroatoms. The Hall–Kier alpha value is -1.88. The monoisotopic (exact) mass is 211 g/mol. The van der Waals surface area contributed by atoms with Crippen molar-refractivity contribution in [2.24, 2.45) is 0 Å². The highest BCUT2D eigenvalue weighted by molar-refractivity contribution is 5.74. The number of amides is 1. The lowest BCUT2D eigenvalue weighted by Gasteiger charge is -1.98. The van der Waals surface area contributed by atoms with Crippen molar-refractivity contribution in [3.05, 3.63) is 35.9 Å². The van der Waals surface area contributed by atoms with E-state index in [4.69, 9.17) is 15.1 Å². The quantitative estimate of drug-likeness (QED) is 0.392. The van der Waals surface area contributed by atoms with Crippen molar-refractivity contribution in [1.29, 1.82) is 0 Å². The second-order valence-electron chi connectivity index (χ2n) is 2.63. The van der Waals surface area contributed by atoms with Crippen LogP contribution in [0.4, 0.5) is 0 Å². The fraction of sp³-hybridized carbons (Fsp3) is 0.200. The number of carboxylic acid groups (broad SMARTS) is 1. The van der Waals surface area contributed by atoms with E-state index in [9.17, 15) is 4.79 Å². The molecule has 5 nitrogen and oxygen atoms in total. The molecule has 0 aromatic heterocycles. The number of carbonyl (C=O) groups excluding carboxylic acids is 1. The lowest BCUT2D eigenvalue weighted by molar-refractivity contribution is -0.129. The summed E-state index contributed by atoms with van der Waals surface area (Å²) < 4.78 is 0. The topological polar surface area (TPSA) is 86.6 Å². The number of rotatable bonds is 3. The summed E-state index contributed by atoms with van der Waals surface area (Å²) in [6.07, 6.45) is 0.980. The lowest BCUT2D eigenvalue weighted by atomic mass is 10.1. The van der Waals surface area contributed by atoms with Crippen molar-refractivity contribution in [2.45, 2.75) is 12.8 Å².